The smallest absolute Gasteiger partial charge is 0.325 e. The summed E-state index contributed by atoms with van der Waals surface area (Å²) in [4.78, 5) is 24.2. The molecule has 1 fully saturated rings. The van der Waals surface area contributed by atoms with Crippen LogP contribution in [0.3, 0.4) is 0 Å². The van der Waals surface area contributed by atoms with Gasteiger partial charge < -0.3 is 14.8 Å². The number of carbonyl (C=O) groups excluding carboxylic acids is 2. The zero-order valence-corrected chi connectivity index (χ0v) is 18.2. The molecule has 0 saturated carbocycles. The minimum atomic E-state index is -3.60. The van der Waals surface area contributed by atoms with Gasteiger partial charge in [-0.3, -0.25) is 10.1 Å². The second kappa shape index (κ2) is 9.90. The zero-order valence-electron chi connectivity index (χ0n) is 17.4. The second-order valence-corrected chi connectivity index (χ2v) is 8.96. The lowest BCUT2D eigenvalue weighted by Gasteiger charge is -2.26. The maximum absolute atomic E-state index is 12.6. The van der Waals surface area contributed by atoms with Gasteiger partial charge in [-0.2, -0.15) is 4.31 Å². The third-order valence-electron chi connectivity index (χ3n) is 4.91. The van der Waals surface area contributed by atoms with E-state index >= 15 is 0 Å². The Balaban J connectivity index is 1.51. The van der Waals surface area contributed by atoms with Gasteiger partial charge in [0.25, 0.3) is 5.91 Å². The molecule has 10 heteroatoms. The Morgan fingerprint density at radius 3 is 2.42 bits per heavy atom. The highest BCUT2D eigenvalue weighted by molar-refractivity contribution is 7.89. The number of hydrogen-bond donors (Lipinski definition) is 2. The van der Waals surface area contributed by atoms with E-state index in [1.54, 1.807) is 6.07 Å². The summed E-state index contributed by atoms with van der Waals surface area (Å²) in [7, 11) is -3.60. The molecule has 1 heterocycles. The Labute approximate surface area is 181 Å². The number of morpholine rings is 1. The first-order valence-corrected chi connectivity index (χ1v) is 11.2. The Kier molecular flexibility index (Phi) is 7.26. The van der Waals surface area contributed by atoms with Gasteiger partial charge in [-0.15, -0.1) is 0 Å². The van der Waals surface area contributed by atoms with Crippen LogP contribution < -0.4 is 15.4 Å². The van der Waals surface area contributed by atoms with Crippen molar-refractivity contribution in [2.75, 3.05) is 38.2 Å². The molecule has 2 N–H and O–H groups in total. The van der Waals surface area contributed by atoms with Gasteiger partial charge in [0.15, 0.2) is 6.61 Å². The van der Waals surface area contributed by atoms with E-state index in [-0.39, 0.29) is 4.90 Å². The summed E-state index contributed by atoms with van der Waals surface area (Å²) in [5, 5.41) is 4.82. The second-order valence-electron chi connectivity index (χ2n) is 7.03. The van der Waals surface area contributed by atoms with Gasteiger partial charge in [0.2, 0.25) is 10.0 Å². The number of rotatable bonds is 6. The molecule has 0 aliphatic carbocycles. The van der Waals surface area contributed by atoms with E-state index in [1.165, 1.54) is 28.6 Å². The number of nitrogens with zero attached hydrogens (tertiary/aromatic N) is 1. The lowest BCUT2D eigenvalue weighted by Crippen LogP contribution is -2.40. The van der Waals surface area contributed by atoms with Gasteiger partial charge in [0.1, 0.15) is 5.75 Å². The summed E-state index contributed by atoms with van der Waals surface area (Å²) < 4.78 is 37.1. The van der Waals surface area contributed by atoms with Crippen LogP contribution in [-0.2, 0) is 19.6 Å². The van der Waals surface area contributed by atoms with Crippen molar-refractivity contribution in [2.24, 2.45) is 0 Å². The highest BCUT2D eigenvalue weighted by Crippen LogP contribution is 2.20. The van der Waals surface area contributed by atoms with E-state index in [0.717, 1.165) is 11.1 Å². The standard InChI is InChI=1S/C21H25N3O6S/c1-15-4-3-5-19(16(15)2)22-21(26)23-20(25)14-30-17-6-8-18(9-7-17)31(27,28)24-10-12-29-13-11-24/h3-9H,10-14H2,1-2H3,(H2,22,23,25,26). The molecule has 0 unspecified atom stereocenters. The molecule has 1 aliphatic heterocycles. The van der Waals surface area contributed by atoms with E-state index in [1.807, 2.05) is 26.0 Å². The molecule has 0 atom stereocenters. The van der Waals surface area contributed by atoms with Gasteiger partial charge in [-0.05, 0) is 55.3 Å². The fourth-order valence-corrected chi connectivity index (χ4v) is 4.40. The summed E-state index contributed by atoms with van der Waals surface area (Å²) in [5.74, 6) is -0.321. The number of sulfonamides is 1. The van der Waals surface area contributed by atoms with Crippen molar-refractivity contribution in [3.8, 4) is 5.75 Å². The SMILES string of the molecule is Cc1cccc(NC(=O)NC(=O)COc2ccc(S(=O)(=O)N3CCOCC3)cc2)c1C. The number of imide groups is 1. The lowest BCUT2D eigenvalue weighted by atomic mass is 10.1. The largest absolute Gasteiger partial charge is 0.484 e. The molecule has 2 aromatic rings. The van der Waals surface area contributed by atoms with Gasteiger partial charge in [0, 0.05) is 18.8 Å². The van der Waals surface area contributed by atoms with Gasteiger partial charge >= 0.3 is 6.03 Å². The fraction of sp³-hybridized carbons (Fsp3) is 0.333. The first kappa shape index (κ1) is 22.7. The first-order valence-electron chi connectivity index (χ1n) is 9.75. The Morgan fingerprint density at radius 1 is 1.06 bits per heavy atom. The van der Waals surface area contributed by atoms with Crippen LogP contribution in [0.15, 0.2) is 47.4 Å². The molecule has 3 rings (SSSR count). The number of hydrogen-bond acceptors (Lipinski definition) is 6. The Bertz CT molecular complexity index is 1050. The predicted octanol–water partition coefficient (Wildman–Crippen LogP) is 2.05. The van der Waals surface area contributed by atoms with Crippen LogP contribution in [0.2, 0.25) is 0 Å². The van der Waals surface area contributed by atoms with Crippen LogP contribution in [0.5, 0.6) is 5.75 Å². The van der Waals surface area contributed by atoms with Crippen molar-refractivity contribution in [1.82, 2.24) is 9.62 Å². The molecule has 0 bridgehead atoms. The quantitative estimate of drug-likeness (QED) is 0.701. The molecule has 0 spiro atoms. The van der Waals surface area contributed by atoms with E-state index in [0.29, 0.717) is 37.7 Å². The minimum absolute atomic E-state index is 0.138. The monoisotopic (exact) mass is 447 g/mol. The topological polar surface area (TPSA) is 114 Å². The Morgan fingerprint density at radius 2 is 1.74 bits per heavy atom. The van der Waals surface area contributed by atoms with E-state index in [2.05, 4.69) is 10.6 Å². The van der Waals surface area contributed by atoms with Crippen LogP contribution >= 0.6 is 0 Å². The average molecular weight is 448 g/mol. The highest BCUT2D eigenvalue weighted by Gasteiger charge is 2.26. The van der Waals surface area contributed by atoms with Crippen molar-refractivity contribution in [3.05, 3.63) is 53.6 Å². The molecule has 9 nitrogen and oxygen atoms in total. The van der Waals surface area contributed by atoms with Crippen LogP contribution in [0.25, 0.3) is 0 Å². The zero-order chi connectivity index (χ0) is 22.4. The molecule has 166 valence electrons. The average Bonchev–Trinajstić information content (AvgIpc) is 2.76. The summed E-state index contributed by atoms with van der Waals surface area (Å²) in [6.07, 6.45) is 0. The minimum Gasteiger partial charge on any atom is -0.484 e. The lowest BCUT2D eigenvalue weighted by molar-refractivity contribution is -0.121. The molecule has 0 radical (unpaired) electrons. The van der Waals surface area contributed by atoms with Crippen LogP contribution in [-0.4, -0.2) is 57.6 Å². The van der Waals surface area contributed by atoms with E-state index in [9.17, 15) is 18.0 Å². The molecular weight excluding hydrogens is 422 g/mol. The van der Waals surface area contributed by atoms with Crippen molar-refractivity contribution < 1.29 is 27.5 Å². The summed E-state index contributed by atoms with van der Waals surface area (Å²) in [6, 6.07) is 10.6. The highest BCUT2D eigenvalue weighted by atomic mass is 32.2. The first-order chi connectivity index (χ1) is 14.8. The maximum atomic E-state index is 12.6. The number of aryl methyl sites for hydroxylation is 1. The molecule has 31 heavy (non-hydrogen) atoms. The van der Waals surface area contributed by atoms with Gasteiger partial charge in [-0.1, -0.05) is 12.1 Å². The third-order valence-corrected chi connectivity index (χ3v) is 6.82. The number of carbonyl (C=O) groups is 2. The molecule has 1 saturated heterocycles. The normalized spacial score (nSPS) is 14.6. The number of nitrogens with one attached hydrogen (secondary N) is 2. The van der Waals surface area contributed by atoms with Crippen molar-refractivity contribution in [3.63, 3.8) is 0 Å². The van der Waals surface area contributed by atoms with E-state index < -0.39 is 28.6 Å². The fourth-order valence-electron chi connectivity index (χ4n) is 3.00. The number of urea groups is 1. The molecule has 0 aromatic heterocycles. The summed E-state index contributed by atoms with van der Waals surface area (Å²) >= 11 is 0. The van der Waals surface area contributed by atoms with Crippen molar-refractivity contribution in [2.45, 2.75) is 18.7 Å². The molecule has 3 amide bonds. The molecule has 1 aliphatic rings. The third kappa shape index (κ3) is 5.81. The van der Waals surface area contributed by atoms with Gasteiger partial charge in [-0.25, -0.2) is 13.2 Å². The molecular formula is C21H25N3O6S. The molecule has 2 aromatic carbocycles. The maximum Gasteiger partial charge on any atom is 0.325 e. The van der Waals surface area contributed by atoms with Gasteiger partial charge in [0.05, 0.1) is 18.1 Å². The predicted molar refractivity (Wildman–Crippen MR) is 115 cm³/mol. The van der Waals surface area contributed by atoms with Crippen LogP contribution in [0.1, 0.15) is 11.1 Å². The summed E-state index contributed by atoms with van der Waals surface area (Å²) in [6.45, 7) is 4.76. The number of amides is 3. The summed E-state index contributed by atoms with van der Waals surface area (Å²) in [5.41, 5.74) is 2.54. The van der Waals surface area contributed by atoms with Crippen molar-refractivity contribution in [1.29, 1.82) is 0 Å². The number of benzene rings is 2. The van der Waals surface area contributed by atoms with Crippen LogP contribution in [0.4, 0.5) is 10.5 Å². The number of ether oxygens (including phenoxy) is 2. The number of anilines is 1. The Hall–Kier alpha value is -2.95. The van der Waals surface area contributed by atoms with E-state index in [4.69, 9.17) is 9.47 Å². The van der Waals surface area contributed by atoms with Crippen LogP contribution in [0, 0.1) is 13.8 Å². The van der Waals surface area contributed by atoms with Crippen molar-refractivity contribution >= 4 is 27.6 Å².